The number of rotatable bonds is 5. The maximum atomic E-state index is 10.7. The molecule has 0 saturated heterocycles. The molecule has 1 fully saturated rings. The molecule has 1 saturated carbocycles. The van der Waals surface area contributed by atoms with Gasteiger partial charge in [0.2, 0.25) is 0 Å². The summed E-state index contributed by atoms with van der Waals surface area (Å²) in [6, 6.07) is 9.82. The Morgan fingerprint density at radius 2 is 1.55 bits per heavy atom. The molecule has 0 amide bonds. The maximum Gasteiger partial charge on any atom is 0.0790 e. The van der Waals surface area contributed by atoms with Crippen molar-refractivity contribution in [3.8, 4) is 0 Å². The predicted molar refractivity (Wildman–Crippen MR) is 82.5 cm³/mol. The largest absolute Gasteiger partial charge is 0.390 e. The van der Waals surface area contributed by atoms with Gasteiger partial charge in [-0.25, -0.2) is 0 Å². The Morgan fingerprint density at radius 1 is 0.950 bits per heavy atom. The van der Waals surface area contributed by atoms with Gasteiger partial charge in [0.1, 0.15) is 0 Å². The Hall–Kier alpha value is -0.860. The highest BCUT2D eigenvalue weighted by Gasteiger charge is 2.26. The topological polar surface area (TPSA) is 40.5 Å². The molecule has 0 bridgehead atoms. The molecule has 1 aliphatic rings. The fraction of sp³-hybridized carbons (Fsp3) is 0.667. The average molecular weight is 276 g/mol. The van der Waals surface area contributed by atoms with E-state index in [2.05, 4.69) is 0 Å². The second-order valence-corrected chi connectivity index (χ2v) is 6.31. The zero-order chi connectivity index (χ0) is 14.3. The molecule has 2 rings (SSSR count). The van der Waals surface area contributed by atoms with Crippen molar-refractivity contribution in [1.29, 1.82) is 0 Å². The lowest BCUT2D eigenvalue weighted by Crippen LogP contribution is -2.29. The van der Waals surface area contributed by atoms with E-state index in [0.717, 1.165) is 50.5 Å². The van der Waals surface area contributed by atoms with Gasteiger partial charge in [-0.05, 0) is 37.7 Å². The molecule has 112 valence electrons. The lowest BCUT2D eigenvalue weighted by atomic mass is 9.83. The molecule has 0 heterocycles. The van der Waals surface area contributed by atoms with Crippen LogP contribution < -0.4 is 0 Å². The highest BCUT2D eigenvalue weighted by molar-refractivity contribution is 5.17. The minimum atomic E-state index is -0.475. The van der Waals surface area contributed by atoms with Crippen LogP contribution in [0.4, 0.5) is 0 Å². The van der Waals surface area contributed by atoms with E-state index in [4.69, 9.17) is 0 Å². The Bertz CT molecular complexity index is 366. The van der Waals surface area contributed by atoms with Crippen LogP contribution in [0.25, 0.3) is 0 Å². The normalized spacial score (nSPS) is 20.9. The van der Waals surface area contributed by atoms with Crippen molar-refractivity contribution in [3.63, 3.8) is 0 Å². The van der Waals surface area contributed by atoms with Gasteiger partial charge in [-0.1, -0.05) is 62.4 Å². The Balaban J connectivity index is 1.76. The van der Waals surface area contributed by atoms with Crippen molar-refractivity contribution in [3.05, 3.63) is 35.9 Å². The van der Waals surface area contributed by atoms with Crippen LogP contribution in [-0.2, 0) is 0 Å². The monoisotopic (exact) mass is 276 g/mol. The van der Waals surface area contributed by atoms with Crippen LogP contribution in [0.5, 0.6) is 0 Å². The summed E-state index contributed by atoms with van der Waals surface area (Å²) in [6.07, 6.45) is 10.1. The third kappa shape index (κ3) is 4.92. The SMILES string of the molecule is OC(CCCC1(O)CCCCCCC1)c1ccccc1. The van der Waals surface area contributed by atoms with Crippen molar-refractivity contribution < 1.29 is 10.2 Å². The summed E-state index contributed by atoms with van der Waals surface area (Å²) in [5.41, 5.74) is 0.508. The van der Waals surface area contributed by atoms with Crippen LogP contribution in [0.2, 0.25) is 0 Å². The highest BCUT2D eigenvalue weighted by atomic mass is 16.3. The molecule has 2 heteroatoms. The fourth-order valence-electron chi connectivity index (χ4n) is 3.28. The number of hydrogen-bond donors (Lipinski definition) is 2. The van der Waals surface area contributed by atoms with Crippen LogP contribution in [-0.4, -0.2) is 15.8 Å². The summed E-state index contributed by atoms with van der Waals surface area (Å²) >= 11 is 0. The Kier molecular flexibility index (Phi) is 6.06. The van der Waals surface area contributed by atoms with E-state index in [0.29, 0.717) is 0 Å². The summed E-state index contributed by atoms with van der Waals surface area (Å²) < 4.78 is 0. The first-order valence-corrected chi connectivity index (χ1v) is 8.15. The molecule has 0 aliphatic heterocycles. The molecule has 1 aromatic rings. The van der Waals surface area contributed by atoms with E-state index in [1.54, 1.807) is 0 Å². The maximum absolute atomic E-state index is 10.7. The lowest BCUT2D eigenvalue weighted by Gasteiger charge is -2.30. The zero-order valence-corrected chi connectivity index (χ0v) is 12.4. The van der Waals surface area contributed by atoms with Gasteiger partial charge in [0.25, 0.3) is 0 Å². The first-order valence-electron chi connectivity index (χ1n) is 8.15. The van der Waals surface area contributed by atoms with Gasteiger partial charge >= 0.3 is 0 Å². The van der Waals surface area contributed by atoms with Gasteiger partial charge in [0, 0.05) is 0 Å². The van der Waals surface area contributed by atoms with Crippen LogP contribution >= 0.6 is 0 Å². The van der Waals surface area contributed by atoms with Crippen molar-refractivity contribution in [2.24, 2.45) is 0 Å². The van der Waals surface area contributed by atoms with Crippen molar-refractivity contribution in [2.45, 2.75) is 75.9 Å². The van der Waals surface area contributed by atoms with Crippen LogP contribution in [0.15, 0.2) is 30.3 Å². The van der Waals surface area contributed by atoms with E-state index in [9.17, 15) is 10.2 Å². The predicted octanol–water partition coefficient (Wildman–Crippen LogP) is 4.37. The summed E-state index contributed by atoms with van der Waals surface area (Å²) in [5.74, 6) is 0. The summed E-state index contributed by atoms with van der Waals surface area (Å²) in [4.78, 5) is 0. The van der Waals surface area contributed by atoms with Crippen molar-refractivity contribution >= 4 is 0 Å². The second kappa shape index (κ2) is 7.80. The molecule has 2 N–H and O–H groups in total. The Labute approximate surface area is 122 Å². The van der Waals surface area contributed by atoms with Crippen LogP contribution in [0, 0.1) is 0 Å². The van der Waals surface area contributed by atoms with Gasteiger partial charge < -0.3 is 10.2 Å². The standard InChI is InChI=1S/C18H28O2/c19-17(16-10-5-4-6-11-16)12-9-15-18(20)13-7-2-1-3-8-14-18/h4-6,10-11,17,19-20H,1-3,7-9,12-15H2. The van der Waals surface area contributed by atoms with E-state index in [1.165, 1.54) is 19.3 Å². The molecule has 0 aromatic heterocycles. The molecular formula is C18H28O2. The fourth-order valence-corrected chi connectivity index (χ4v) is 3.28. The first kappa shape index (κ1) is 15.5. The Morgan fingerprint density at radius 3 is 2.20 bits per heavy atom. The molecule has 1 atom stereocenters. The van der Waals surface area contributed by atoms with E-state index in [-0.39, 0.29) is 0 Å². The zero-order valence-electron chi connectivity index (χ0n) is 12.4. The third-order valence-electron chi connectivity index (χ3n) is 4.59. The summed E-state index contributed by atoms with van der Waals surface area (Å²) in [6.45, 7) is 0. The number of aliphatic hydroxyl groups excluding tert-OH is 1. The molecule has 1 unspecified atom stereocenters. The quantitative estimate of drug-likeness (QED) is 0.838. The lowest BCUT2D eigenvalue weighted by molar-refractivity contribution is 0.000947. The van der Waals surface area contributed by atoms with Crippen LogP contribution in [0.1, 0.15) is 75.9 Å². The smallest absolute Gasteiger partial charge is 0.0790 e. The van der Waals surface area contributed by atoms with Crippen LogP contribution in [0.3, 0.4) is 0 Å². The second-order valence-electron chi connectivity index (χ2n) is 6.31. The molecule has 2 nitrogen and oxygen atoms in total. The molecule has 20 heavy (non-hydrogen) atoms. The van der Waals surface area contributed by atoms with Crippen molar-refractivity contribution in [1.82, 2.24) is 0 Å². The molecule has 1 aromatic carbocycles. The van der Waals surface area contributed by atoms with Gasteiger partial charge in [-0.3, -0.25) is 0 Å². The number of aliphatic hydroxyl groups is 2. The molecule has 1 aliphatic carbocycles. The third-order valence-corrected chi connectivity index (χ3v) is 4.59. The van der Waals surface area contributed by atoms with E-state index in [1.807, 2.05) is 30.3 Å². The molecule has 0 radical (unpaired) electrons. The highest BCUT2D eigenvalue weighted by Crippen LogP contribution is 2.31. The van der Waals surface area contributed by atoms with E-state index >= 15 is 0 Å². The number of hydrogen-bond acceptors (Lipinski definition) is 2. The first-order chi connectivity index (χ1) is 9.70. The van der Waals surface area contributed by atoms with Gasteiger partial charge in [-0.15, -0.1) is 0 Å². The summed E-state index contributed by atoms with van der Waals surface area (Å²) in [7, 11) is 0. The minimum Gasteiger partial charge on any atom is -0.390 e. The number of benzene rings is 1. The molecular weight excluding hydrogens is 248 g/mol. The van der Waals surface area contributed by atoms with Crippen molar-refractivity contribution in [2.75, 3.05) is 0 Å². The summed E-state index contributed by atoms with van der Waals surface area (Å²) in [5, 5.41) is 20.8. The minimum absolute atomic E-state index is 0.395. The molecule has 0 spiro atoms. The van der Waals surface area contributed by atoms with Gasteiger partial charge in [0.15, 0.2) is 0 Å². The van der Waals surface area contributed by atoms with E-state index < -0.39 is 11.7 Å². The van der Waals surface area contributed by atoms with Gasteiger partial charge in [0.05, 0.1) is 11.7 Å². The van der Waals surface area contributed by atoms with Gasteiger partial charge in [-0.2, -0.15) is 0 Å². The average Bonchev–Trinajstić information content (AvgIpc) is 2.44.